The third-order valence-corrected chi connectivity index (χ3v) is 17.4. The monoisotopic (exact) mass is 306 g/mol. The van der Waals surface area contributed by atoms with Gasteiger partial charge in [0.2, 0.25) is 0 Å². The molecule has 0 aliphatic rings. The molecule has 0 N–H and O–H groups in total. The van der Waals surface area contributed by atoms with Crippen molar-refractivity contribution in [2.75, 3.05) is 0 Å². The van der Waals surface area contributed by atoms with E-state index in [1.54, 1.807) is 5.19 Å². The minimum atomic E-state index is -1.65. The maximum absolute atomic E-state index is 2.54. The lowest BCUT2D eigenvalue weighted by Gasteiger charge is -2.54. The van der Waals surface area contributed by atoms with Gasteiger partial charge in [-0.25, -0.2) is 0 Å². The van der Waals surface area contributed by atoms with E-state index < -0.39 is 16.1 Å². The summed E-state index contributed by atoms with van der Waals surface area (Å²) in [6.07, 6.45) is 0. The van der Waals surface area contributed by atoms with E-state index in [0.717, 1.165) is 0 Å². The number of hydrogen-bond acceptors (Lipinski definition) is 0. The first-order valence-corrected chi connectivity index (χ1v) is 13.8. The Hall–Kier alpha value is -0.346. The molecule has 2 heteroatoms. The van der Waals surface area contributed by atoms with Crippen LogP contribution < -0.4 is 5.19 Å². The van der Waals surface area contributed by atoms with Crippen molar-refractivity contribution in [1.82, 2.24) is 0 Å². The lowest BCUT2D eigenvalue weighted by Crippen LogP contribution is -2.64. The van der Waals surface area contributed by atoms with Crippen LogP contribution in [-0.2, 0) is 0 Å². The van der Waals surface area contributed by atoms with Crippen LogP contribution in [0.15, 0.2) is 30.3 Å². The minimum Gasteiger partial charge on any atom is -0.0697 e. The van der Waals surface area contributed by atoms with Gasteiger partial charge in [0, 0.05) is 8.07 Å². The summed E-state index contributed by atoms with van der Waals surface area (Å²) in [6.45, 7) is 22.5. The van der Waals surface area contributed by atoms with Gasteiger partial charge in [-0.05, 0) is 10.1 Å². The van der Waals surface area contributed by atoms with Gasteiger partial charge in [-0.2, -0.15) is 0 Å². The van der Waals surface area contributed by atoms with Gasteiger partial charge in [0.25, 0.3) is 0 Å². The van der Waals surface area contributed by atoms with Gasteiger partial charge < -0.3 is 0 Å². The number of benzene rings is 1. The standard InChI is InChI=1S/C18H34Si2/c1-17(2,3)20(18(4,5)6,15-19(7,8)9)16-13-11-10-12-14-16/h10-14H,15H2,1-9H3. The fourth-order valence-electron chi connectivity index (χ4n) is 4.14. The molecule has 0 nitrogen and oxygen atoms in total. The van der Waals surface area contributed by atoms with E-state index in [1.807, 2.05) is 0 Å². The summed E-state index contributed by atoms with van der Waals surface area (Å²) in [7, 11) is -2.78. The molecule has 0 unspecified atom stereocenters. The molecule has 0 saturated carbocycles. The highest BCUT2D eigenvalue weighted by Gasteiger charge is 2.55. The first kappa shape index (κ1) is 17.7. The van der Waals surface area contributed by atoms with E-state index in [9.17, 15) is 0 Å². The van der Waals surface area contributed by atoms with Gasteiger partial charge in [-0.15, -0.1) is 0 Å². The fraction of sp³-hybridized carbons (Fsp3) is 0.667. The van der Waals surface area contributed by atoms with E-state index in [4.69, 9.17) is 0 Å². The zero-order valence-corrected chi connectivity index (χ0v) is 17.1. The molecule has 0 atom stereocenters. The van der Waals surface area contributed by atoms with Gasteiger partial charge in [-0.1, -0.05) is 102 Å². The van der Waals surface area contributed by atoms with Gasteiger partial charge in [0.05, 0.1) is 8.07 Å². The van der Waals surface area contributed by atoms with Crippen molar-refractivity contribution < 1.29 is 0 Å². The van der Waals surface area contributed by atoms with E-state index in [-0.39, 0.29) is 0 Å². The first-order chi connectivity index (χ1) is 8.81. The summed E-state index contributed by atoms with van der Waals surface area (Å²) in [5.74, 6) is 0. The lowest BCUT2D eigenvalue weighted by atomic mass is 10.2. The maximum Gasteiger partial charge on any atom is 0.0947 e. The minimum absolute atomic E-state index is 0.382. The van der Waals surface area contributed by atoms with Crippen LogP contribution >= 0.6 is 0 Å². The second-order valence-electron chi connectivity index (χ2n) is 9.51. The zero-order chi connectivity index (χ0) is 15.8. The van der Waals surface area contributed by atoms with Crippen molar-refractivity contribution in [3.63, 3.8) is 0 Å². The Morgan fingerprint density at radius 1 is 0.750 bits per heavy atom. The molecule has 1 aromatic carbocycles. The molecule has 0 spiro atoms. The second-order valence-corrected chi connectivity index (χ2v) is 21.4. The molecule has 1 aromatic rings. The molecule has 0 radical (unpaired) electrons. The van der Waals surface area contributed by atoms with Crippen LogP contribution in [0.4, 0.5) is 0 Å². The average Bonchev–Trinajstić information content (AvgIpc) is 2.22. The van der Waals surface area contributed by atoms with Crippen LogP contribution in [0.25, 0.3) is 0 Å². The third-order valence-electron chi connectivity index (χ3n) is 4.62. The summed E-state index contributed by atoms with van der Waals surface area (Å²) < 4.78 is 0. The molecule has 0 aliphatic carbocycles. The summed E-state index contributed by atoms with van der Waals surface area (Å²) in [5, 5.41) is 2.42. The average molecular weight is 307 g/mol. The van der Waals surface area contributed by atoms with E-state index in [0.29, 0.717) is 10.1 Å². The van der Waals surface area contributed by atoms with Crippen molar-refractivity contribution in [3.8, 4) is 0 Å². The molecule has 0 aromatic heterocycles. The molecule has 20 heavy (non-hydrogen) atoms. The summed E-state index contributed by atoms with van der Waals surface area (Å²) >= 11 is 0. The molecule has 0 aliphatic heterocycles. The Morgan fingerprint density at radius 2 is 1.15 bits per heavy atom. The molecule has 0 saturated heterocycles. The van der Waals surface area contributed by atoms with Crippen LogP contribution in [0.1, 0.15) is 41.5 Å². The van der Waals surface area contributed by atoms with Gasteiger partial charge in [0.1, 0.15) is 0 Å². The van der Waals surface area contributed by atoms with E-state index in [2.05, 4.69) is 91.5 Å². The van der Waals surface area contributed by atoms with Crippen LogP contribution in [-0.4, -0.2) is 16.1 Å². The first-order valence-electron chi connectivity index (χ1n) is 7.87. The smallest absolute Gasteiger partial charge is 0.0697 e. The Morgan fingerprint density at radius 3 is 1.45 bits per heavy atom. The molecule has 0 amide bonds. The van der Waals surface area contributed by atoms with Crippen molar-refractivity contribution in [1.29, 1.82) is 0 Å². The zero-order valence-electron chi connectivity index (χ0n) is 15.1. The maximum atomic E-state index is 2.54. The molecule has 0 bridgehead atoms. The quantitative estimate of drug-likeness (QED) is 0.617. The summed E-state index contributed by atoms with van der Waals surface area (Å²) in [6, 6.07) is 11.4. The lowest BCUT2D eigenvalue weighted by molar-refractivity contribution is 0.625. The fourth-order valence-corrected chi connectivity index (χ4v) is 20.3. The van der Waals surface area contributed by atoms with Gasteiger partial charge in [-0.3, -0.25) is 0 Å². The topological polar surface area (TPSA) is 0 Å². The van der Waals surface area contributed by atoms with Crippen molar-refractivity contribution in [2.24, 2.45) is 0 Å². The normalized spacial score (nSPS) is 14.4. The highest BCUT2D eigenvalue weighted by Crippen LogP contribution is 2.54. The van der Waals surface area contributed by atoms with E-state index >= 15 is 0 Å². The Kier molecular flexibility index (Phi) is 4.83. The SMILES string of the molecule is CC(C)(C)[Si](C[Si](C)(C)C)(c1ccccc1)C(C)(C)C. The van der Waals surface area contributed by atoms with Crippen molar-refractivity contribution in [3.05, 3.63) is 30.3 Å². The molecular formula is C18H34Si2. The predicted octanol–water partition coefficient (Wildman–Crippen LogP) is 5.82. The third kappa shape index (κ3) is 3.45. The Labute approximate surface area is 129 Å². The van der Waals surface area contributed by atoms with Crippen LogP contribution in [0.2, 0.25) is 35.4 Å². The molecule has 0 fully saturated rings. The van der Waals surface area contributed by atoms with Gasteiger partial charge in [0.15, 0.2) is 0 Å². The van der Waals surface area contributed by atoms with E-state index in [1.165, 1.54) is 5.67 Å². The molecule has 114 valence electrons. The summed E-state index contributed by atoms with van der Waals surface area (Å²) in [4.78, 5) is 0. The van der Waals surface area contributed by atoms with Gasteiger partial charge >= 0.3 is 0 Å². The van der Waals surface area contributed by atoms with Crippen molar-refractivity contribution in [2.45, 2.75) is 76.9 Å². The highest BCUT2D eigenvalue weighted by molar-refractivity contribution is 7.05. The molecule has 0 heterocycles. The number of rotatable bonds is 3. The second kappa shape index (κ2) is 5.45. The van der Waals surface area contributed by atoms with Crippen LogP contribution in [0.5, 0.6) is 0 Å². The molecule has 1 rings (SSSR count). The van der Waals surface area contributed by atoms with Crippen molar-refractivity contribution >= 4 is 21.3 Å². The number of hydrogen-bond donors (Lipinski definition) is 0. The Bertz CT molecular complexity index is 413. The predicted molar refractivity (Wildman–Crippen MR) is 99.4 cm³/mol. The molecular weight excluding hydrogens is 272 g/mol. The Balaban J connectivity index is 3.61. The van der Waals surface area contributed by atoms with Crippen LogP contribution in [0, 0.1) is 0 Å². The highest BCUT2D eigenvalue weighted by atomic mass is 28.4. The summed E-state index contributed by atoms with van der Waals surface area (Å²) in [5.41, 5.74) is 1.47. The largest absolute Gasteiger partial charge is 0.0947 e. The van der Waals surface area contributed by atoms with Crippen LogP contribution in [0.3, 0.4) is 0 Å².